The molecule has 0 amide bonds. The van der Waals surface area contributed by atoms with Crippen LogP contribution in [-0.2, 0) is 14.4 Å². The predicted molar refractivity (Wildman–Crippen MR) is 108 cm³/mol. The van der Waals surface area contributed by atoms with Crippen LogP contribution in [0.15, 0.2) is 63.5 Å². The first kappa shape index (κ1) is 21.7. The Balaban J connectivity index is 1.97. The van der Waals surface area contributed by atoms with Crippen LogP contribution in [0, 0.1) is 0 Å². The van der Waals surface area contributed by atoms with Crippen molar-refractivity contribution in [1.82, 2.24) is 0 Å². The van der Waals surface area contributed by atoms with E-state index in [1.54, 1.807) is 31.0 Å². The highest BCUT2D eigenvalue weighted by atomic mass is 32.2. The highest BCUT2D eigenvalue weighted by molar-refractivity contribution is 7.99. The molecule has 0 spiro atoms. The van der Waals surface area contributed by atoms with Crippen molar-refractivity contribution >= 4 is 29.2 Å². The Kier molecular flexibility index (Phi) is 8.22. The van der Waals surface area contributed by atoms with Crippen LogP contribution in [0.2, 0.25) is 0 Å². The van der Waals surface area contributed by atoms with Crippen molar-refractivity contribution in [3.63, 3.8) is 0 Å². The predicted octanol–water partition coefficient (Wildman–Crippen LogP) is 4.37. The zero-order valence-corrected chi connectivity index (χ0v) is 17.1. The van der Waals surface area contributed by atoms with Gasteiger partial charge in [-0.1, -0.05) is 16.9 Å². The van der Waals surface area contributed by atoms with Crippen molar-refractivity contribution in [2.24, 2.45) is 5.16 Å². The number of hydrogen-bond acceptors (Lipinski definition) is 7. The molecule has 0 aromatic heterocycles. The molecule has 2 rings (SSSR count). The van der Waals surface area contributed by atoms with Crippen LogP contribution in [0.3, 0.4) is 0 Å². The standard InChI is InChI=1S/C21H23NO5S/c1-14(13-25-4)26-18-7-11-20(12-8-18)28-19-9-5-17(6-10-19)21(24)15(2)22-27-16(3)23/h5-12,14H,13H2,1-4H3/b22-15+. The van der Waals surface area contributed by atoms with Crippen molar-refractivity contribution in [3.8, 4) is 5.75 Å². The molecule has 2 aromatic rings. The molecule has 0 aliphatic carbocycles. The lowest BCUT2D eigenvalue weighted by Crippen LogP contribution is -2.17. The summed E-state index contributed by atoms with van der Waals surface area (Å²) in [4.78, 5) is 29.6. The SMILES string of the molecule is COCC(C)Oc1ccc(Sc2ccc(C(=O)/C(C)=N/OC(C)=O)cc2)cc1. The van der Waals surface area contributed by atoms with Gasteiger partial charge in [-0.25, -0.2) is 4.79 Å². The number of ether oxygens (including phenoxy) is 2. The highest BCUT2D eigenvalue weighted by Gasteiger charge is 2.11. The summed E-state index contributed by atoms with van der Waals surface area (Å²) < 4.78 is 10.8. The van der Waals surface area contributed by atoms with Crippen LogP contribution < -0.4 is 4.74 Å². The van der Waals surface area contributed by atoms with Gasteiger partial charge in [-0.3, -0.25) is 4.79 Å². The Bertz CT molecular complexity index is 831. The lowest BCUT2D eigenvalue weighted by atomic mass is 10.1. The first-order chi connectivity index (χ1) is 13.4. The number of rotatable bonds is 9. The van der Waals surface area contributed by atoms with Crippen LogP contribution >= 0.6 is 11.8 Å². The zero-order valence-electron chi connectivity index (χ0n) is 16.3. The van der Waals surface area contributed by atoms with E-state index in [0.29, 0.717) is 12.2 Å². The molecule has 7 heteroatoms. The lowest BCUT2D eigenvalue weighted by molar-refractivity contribution is -0.140. The van der Waals surface area contributed by atoms with Gasteiger partial charge in [0.25, 0.3) is 0 Å². The highest BCUT2D eigenvalue weighted by Crippen LogP contribution is 2.29. The van der Waals surface area contributed by atoms with E-state index in [9.17, 15) is 9.59 Å². The molecule has 1 unspecified atom stereocenters. The maximum absolute atomic E-state index is 12.2. The Hall–Kier alpha value is -2.64. The molecule has 0 aliphatic rings. The molecule has 0 saturated carbocycles. The fourth-order valence-electron chi connectivity index (χ4n) is 2.28. The van der Waals surface area contributed by atoms with Crippen LogP contribution in [-0.4, -0.2) is 37.3 Å². The van der Waals surface area contributed by atoms with Gasteiger partial charge in [0.05, 0.1) is 6.61 Å². The van der Waals surface area contributed by atoms with E-state index in [4.69, 9.17) is 9.47 Å². The quantitative estimate of drug-likeness (QED) is 0.269. The second-order valence-corrected chi connectivity index (χ2v) is 7.22. The molecule has 0 bridgehead atoms. The molecule has 0 radical (unpaired) electrons. The zero-order chi connectivity index (χ0) is 20.5. The number of ketones is 1. The second kappa shape index (κ2) is 10.6. The Morgan fingerprint density at radius 3 is 2.11 bits per heavy atom. The molecule has 0 N–H and O–H groups in total. The van der Waals surface area contributed by atoms with Gasteiger partial charge in [-0.05, 0) is 62.4 Å². The fraction of sp³-hybridized carbons (Fsp3) is 0.286. The minimum atomic E-state index is -0.566. The molecule has 1 atom stereocenters. The second-order valence-electron chi connectivity index (χ2n) is 6.07. The minimum absolute atomic E-state index is 0.0126. The third kappa shape index (κ3) is 6.83. The average molecular weight is 401 g/mol. The smallest absolute Gasteiger partial charge is 0.331 e. The molecular formula is C21H23NO5S. The monoisotopic (exact) mass is 401 g/mol. The van der Waals surface area contributed by atoms with Gasteiger partial charge >= 0.3 is 5.97 Å². The van der Waals surface area contributed by atoms with Gasteiger partial charge in [-0.2, -0.15) is 0 Å². The third-order valence-electron chi connectivity index (χ3n) is 3.55. The van der Waals surface area contributed by atoms with Crippen LogP contribution in [0.25, 0.3) is 0 Å². The van der Waals surface area contributed by atoms with Gasteiger partial charge in [0.1, 0.15) is 17.6 Å². The van der Waals surface area contributed by atoms with Crippen molar-refractivity contribution in [1.29, 1.82) is 0 Å². The molecule has 148 valence electrons. The van der Waals surface area contributed by atoms with Crippen molar-refractivity contribution in [2.75, 3.05) is 13.7 Å². The van der Waals surface area contributed by atoms with E-state index < -0.39 is 5.97 Å². The molecular weight excluding hydrogens is 378 g/mol. The average Bonchev–Trinajstić information content (AvgIpc) is 2.68. The van der Waals surface area contributed by atoms with Crippen molar-refractivity contribution < 1.29 is 23.9 Å². The topological polar surface area (TPSA) is 74.2 Å². The van der Waals surface area contributed by atoms with Gasteiger partial charge in [0, 0.05) is 29.4 Å². The number of nitrogens with zero attached hydrogens (tertiary/aromatic N) is 1. The number of Topliss-reactive ketones (excluding diaryl/α,β-unsaturated/α-hetero) is 1. The summed E-state index contributed by atoms with van der Waals surface area (Å²) in [5, 5.41) is 3.52. The van der Waals surface area contributed by atoms with Gasteiger partial charge in [0.15, 0.2) is 0 Å². The number of hydrogen-bond donors (Lipinski definition) is 0. The van der Waals surface area contributed by atoms with Crippen LogP contribution in [0.5, 0.6) is 5.75 Å². The van der Waals surface area contributed by atoms with Gasteiger partial charge in [-0.15, -0.1) is 0 Å². The number of carbonyl (C=O) groups is 2. The fourth-order valence-corrected chi connectivity index (χ4v) is 3.10. The molecule has 6 nitrogen and oxygen atoms in total. The van der Waals surface area contributed by atoms with E-state index in [1.165, 1.54) is 13.8 Å². The first-order valence-corrected chi connectivity index (χ1v) is 9.51. The van der Waals surface area contributed by atoms with E-state index in [1.807, 2.05) is 43.3 Å². The van der Waals surface area contributed by atoms with Crippen molar-refractivity contribution in [3.05, 3.63) is 54.1 Å². The summed E-state index contributed by atoms with van der Waals surface area (Å²) in [7, 11) is 1.65. The molecule has 0 aliphatic heterocycles. The lowest BCUT2D eigenvalue weighted by Gasteiger charge is -2.13. The Labute approximate surface area is 168 Å². The van der Waals surface area contributed by atoms with E-state index >= 15 is 0 Å². The van der Waals surface area contributed by atoms with E-state index in [2.05, 4.69) is 9.99 Å². The number of carbonyl (C=O) groups excluding carboxylic acids is 2. The molecule has 0 heterocycles. The van der Waals surface area contributed by atoms with Crippen LogP contribution in [0.1, 0.15) is 31.1 Å². The first-order valence-electron chi connectivity index (χ1n) is 8.69. The molecule has 0 saturated heterocycles. The number of benzene rings is 2. The number of methoxy groups -OCH3 is 1. The van der Waals surface area contributed by atoms with E-state index in [-0.39, 0.29) is 17.6 Å². The summed E-state index contributed by atoms with van der Waals surface area (Å²) in [6, 6.07) is 15.0. The summed E-state index contributed by atoms with van der Waals surface area (Å²) in [6.07, 6.45) is -0.0126. The van der Waals surface area contributed by atoms with Gasteiger partial charge in [0.2, 0.25) is 5.78 Å². The Morgan fingerprint density at radius 2 is 1.57 bits per heavy atom. The Morgan fingerprint density at radius 1 is 1.00 bits per heavy atom. The minimum Gasteiger partial charge on any atom is -0.488 e. The summed E-state index contributed by atoms with van der Waals surface area (Å²) >= 11 is 1.58. The molecule has 0 fully saturated rings. The molecule has 2 aromatic carbocycles. The maximum atomic E-state index is 12.2. The maximum Gasteiger partial charge on any atom is 0.331 e. The normalized spacial score (nSPS) is 12.4. The number of oxime groups is 1. The van der Waals surface area contributed by atoms with Gasteiger partial charge < -0.3 is 14.3 Å². The summed E-state index contributed by atoms with van der Waals surface area (Å²) in [5.74, 6) is -0.0645. The van der Waals surface area contributed by atoms with E-state index in [0.717, 1.165) is 15.5 Å². The summed E-state index contributed by atoms with van der Waals surface area (Å²) in [6.45, 7) is 5.22. The van der Waals surface area contributed by atoms with Crippen molar-refractivity contribution in [2.45, 2.75) is 36.7 Å². The summed E-state index contributed by atoms with van der Waals surface area (Å²) in [5.41, 5.74) is 0.600. The third-order valence-corrected chi connectivity index (χ3v) is 4.57. The van der Waals surface area contributed by atoms with Crippen LogP contribution in [0.4, 0.5) is 0 Å². The molecule has 28 heavy (non-hydrogen) atoms. The largest absolute Gasteiger partial charge is 0.488 e.